The molecule has 30 heavy (non-hydrogen) atoms. The van der Waals surface area contributed by atoms with Crippen LogP contribution < -0.4 is 10.6 Å². The first-order chi connectivity index (χ1) is 14.2. The van der Waals surface area contributed by atoms with Crippen molar-refractivity contribution in [3.05, 3.63) is 52.5 Å². The number of anilines is 2. The fraction of sp³-hybridized carbons (Fsp3) is 0.350. The Hall–Kier alpha value is -1.84. The van der Waals surface area contributed by atoms with E-state index in [2.05, 4.69) is 10.6 Å². The summed E-state index contributed by atoms with van der Waals surface area (Å²) >= 11 is 12.0. The first-order valence-corrected chi connectivity index (χ1v) is 11.6. The minimum absolute atomic E-state index is 0.0241. The van der Waals surface area contributed by atoms with E-state index < -0.39 is 10.0 Å². The Morgan fingerprint density at radius 1 is 1.10 bits per heavy atom. The highest BCUT2D eigenvalue weighted by molar-refractivity contribution is 7.89. The lowest BCUT2D eigenvalue weighted by Crippen LogP contribution is -2.48. The summed E-state index contributed by atoms with van der Waals surface area (Å²) in [6.07, 6.45) is -0.329. The van der Waals surface area contributed by atoms with Gasteiger partial charge in [0.05, 0.1) is 39.4 Å². The van der Waals surface area contributed by atoms with Gasteiger partial charge in [0, 0.05) is 18.8 Å². The van der Waals surface area contributed by atoms with E-state index in [1.54, 1.807) is 30.3 Å². The lowest BCUT2D eigenvalue weighted by molar-refractivity contribution is -0.114. The number of carbonyl (C=O) groups is 1. The summed E-state index contributed by atoms with van der Waals surface area (Å²) in [5, 5.41) is 6.36. The second kappa shape index (κ2) is 9.53. The third-order valence-corrected chi connectivity index (χ3v) is 7.22. The lowest BCUT2D eigenvalue weighted by atomic mass is 10.3. The molecule has 2 aromatic rings. The van der Waals surface area contributed by atoms with E-state index in [0.717, 1.165) is 0 Å². The molecule has 2 aromatic carbocycles. The van der Waals surface area contributed by atoms with Crippen molar-refractivity contribution in [2.45, 2.75) is 31.0 Å². The average Bonchev–Trinajstić information content (AvgIpc) is 2.69. The van der Waals surface area contributed by atoms with Crippen LogP contribution in [0.3, 0.4) is 0 Å². The smallest absolute Gasteiger partial charge is 0.243 e. The number of sulfonamides is 1. The first kappa shape index (κ1) is 22.8. The van der Waals surface area contributed by atoms with Gasteiger partial charge in [-0.1, -0.05) is 29.3 Å². The molecule has 1 saturated heterocycles. The molecule has 1 aliphatic rings. The maximum atomic E-state index is 12.9. The standard InChI is InChI=1S/C20H23Cl2N3O4S/c1-13-11-25(12-14(2)29-13)30(27,28)16-8-6-15(7-9-16)24-19(26)10-23-18-5-3-4-17(21)20(18)22/h3-9,13-14,23H,10-12H2,1-2H3,(H,24,26)/t13-,14-/m1/s1. The molecule has 0 spiro atoms. The van der Waals surface area contributed by atoms with Gasteiger partial charge in [-0.05, 0) is 50.2 Å². The van der Waals surface area contributed by atoms with E-state index in [4.69, 9.17) is 27.9 Å². The monoisotopic (exact) mass is 471 g/mol. The van der Waals surface area contributed by atoms with Gasteiger partial charge in [-0.15, -0.1) is 0 Å². The third-order valence-electron chi connectivity index (χ3n) is 4.55. The van der Waals surface area contributed by atoms with Crippen molar-refractivity contribution in [2.75, 3.05) is 30.3 Å². The maximum absolute atomic E-state index is 12.9. The Labute approximate surface area is 186 Å². The van der Waals surface area contributed by atoms with Crippen molar-refractivity contribution in [2.24, 2.45) is 0 Å². The van der Waals surface area contributed by atoms with Gasteiger partial charge in [-0.2, -0.15) is 4.31 Å². The summed E-state index contributed by atoms with van der Waals surface area (Å²) in [7, 11) is -3.63. The zero-order valence-electron chi connectivity index (χ0n) is 16.6. The summed E-state index contributed by atoms with van der Waals surface area (Å²) in [6.45, 7) is 4.29. The summed E-state index contributed by atoms with van der Waals surface area (Å²) in [5.74, 6) is -0.308. The fourth-order valence-corrected chi connectivity index (χ4v) is 5.17. The molecule has 2 atom stereocenters. The molecule has 10 heteroatoms. The van der Waals surface area contributed by atoms with E-state index in [9.17, 15) is 13.2 Å². The van der Waals surface area contributed by atoms with Crippen LogP contribution in [0.1, 0.15) is 13.8 Å². The Bertz CT molecular complexity index is 1010. The number of morpholine rings is 1. The summed E-state index contributed by atoms with van der Waals surface area (Å²) in [6, 6.07) is 11.2. The molecule has 2 N–H and O–H groups in total. The van der Waals surface area contributed by atoms with E-state index >= 15 is 0 Å². The van der Waals surface area contributed by atoms with Crippen LogP contribution in [-0.2, 0) is 19.6 Å². The van der Waals surface area contributed by atoms with Gasteiger partial charge in [0.1, 0.15) is 0 Å². The van der Waals surface area contributed by atoms with Crippen LogP contribution in [0.5, 0.6) is 0 Å². The third kappa shape index (κ3) is 5.44. The van der Waals surface area contributed by atoms with Crippen LogP contribution in [0.4, 0.5) is 11.4 Å². The molecule has 1 heterocycles. The van der Waals surface area contributed by atoms with Gasteiger partial charge in [-0.3, -0.25) is 4.79 Å². The SMILES string of the molecule is C[C@@H]1CN(S(=O)(=O)c2ccc(NC(=O)CNc3cccc(Cl)c3Cl)cc2)C[C@@H](C)O1. The van der Waals surface area contributed by atoms with E-state index in [1.807, 2.05) is 13.8 Å². The predicted molar refractivity (Wildman–Crippen MR) is 119 cm³/mol. The van der Waals surface area contributed by atoms with Gasteiger partial charge in [0.2, 0.25) is 15.9 Å². The second-order valence-corrected chi connectivity index (χ2v) is 9.83. The van der Waals surface area contributed by atoms with Crippen LogP contribution in [0.15, 0.2) is 47.4 Å². The molecule has 0 unspecified atom stereocenters. The highest BCUT2D eigenvalue weighted by Gasteiger charge is 2.32. The highest BCUT2D eigenvalue weighted by atomic mass is 35.5. The van der Waals surface area contributed by atoms with E-state index in [-0.39, 0.29) is 29.6 Å². The van der Waals surface area contributed by atoms with Gasteiger partial charge in [-0.25, -0.2) is 8.42 Å². The van der Waals surface area contributed by atoms with Crippen molar-refractivity contribution in [1.29, 1.82) is 0 Å². The summed E-state index contributed by atoms with van der Waals surface area (Å²) in [5.41, 5.74) is 1.04. The molecular weight excluding hydrogens is 449 g/mol. The lowest BCUT2D eigenvalue weighted by Gasteiger charge is -2.34. The molecule has 162 valence electrons. The number of nitrogens with one attached hydrogen (secondary N) is 2. The number of hydrogen-bond donors (Lipinski definition) is 2. The van der Waals surface area contributed by atoms with Crippen LogP contribution >= 0.6 is 23.2 Å². The van der Waals surface area contributed by atoms with Crippen molar-refractivity contribution < 1.29 is 17.9 Å². The van der Waals surface area contributed by atoms with Crippen molar-refractivity contribution in [3.8, 4) is 0 Å². The van der Waals surface area contributed by atoms with Gasteiger partial charge >= 0.3 is 0 Å². The summed E-state index contributed by atoms with van der Waals surface area (Å²) in [4.78, 5) is 12.4. The first-order valence-electron chi connectivity index (χ1n) is 9.40. The minimum Gasteiger partial charge on any atom is -0.375 e. The van der Waals surface area contributed by atoms with Crippen LogP contribution in [0.25, 0.3) is 0 Å². The number of nitrogens with zero attached hydrogens (tertiary/aromatic N) is 1. The number of rotatable bonds is 6. The molecule has 1 fully saturated rings. The molecule has 7 nitrogen and oxygen atoms in total. The Kier molecular flexibility index (Phi) is 7.26. The molecule has 3 rings (SSSR count). The number of hydrogen-bond acceptors (Lipinski definition) is 5. The van der Waals surface area contributed by atoms with Gasteiger partial charge in [0.15, 0.2) is 0 Å². The van der Waals surface area contributed by atoms with Crippen molar-refractivity contribution in [3.63, 3.8) is 0 Å². The topological polar surface area (TPSA) is 87.7 Å². The molecule has 0 saturated carbocycles. The normalized spacial score (nSPS) is 20.0. The largest absolute Gasteiger partial charge is 0.375 e. The molecule has 0 bridgehead atoms. The Balaban J connectivity index is 1.61. The quantitative estimate of drug-likeness (QED) is 0.667. The molecule has 0 aliphatic carbocycles. The van der Waals surface area contributed by atoms with Crippen LogP contribution in [-0.4, -0.2) is 50.5 Å². The molecular formula is C20H23Cl2N3O4S. The number of halogens is 2. The highest BCUT2D eigenvalue weighted by Crippen LogP contribution is 2.29. The fourth-order valence-electron chi connectivity index (χ4n) is 3.21. The Morgan fingerprint density at radius 2 is 1.73 bits per heavy atom. The van der Waals surface area contributed by atoms with Crippen molar-refractivity contribution in [1.82, 2.24) is 4.31 Å². The average molecular weight is 472 g/mol. The van der Waals surface area contributed by atoms with Crippen LogP contribution in [0.2, 0.25) is 10.0 Å². The van der Waals surface area contributed by atoms with Crippen LogP contribution in [0, 0.1) is 0 Å². The van der Waals surface area contributed by atoms with E-state index in [1.165, 1.54) is 16.4 Å². The number of benzene rings is 2. The van der Waals surface area contributed by atoms with E-state index in [0.29, 0.717) is 34.5 Å². The number of carbonyl (C=O) groups excluding carboxylic acids is 1. The molecule has 0 radical (unpaired) electrons. The zero-order chi connectivity index (χ0) is 21.9. The number of ether oxygens (including phenoxy) is 1. The second-order valence-electron chi connectivity index (χ2n) is 7.11. The Morgan fingerprint density at radius 3 is 2.37 bits per heavy atom. The van der Waals surface area contributed by atoms with Crippen molar-refractivity contribution >= 4 is 50.5 Å². The molecule has 1 amide bonds. The molecule has 1 aliphatic heterocycles. The zero-order valence-corrected chi connectivity index (χ0v) is 18.9. The summed E-state index contributed by atoms with van der Waals surface area (Å²) < 4.78 is 32.8. The minimum atomic E-state index is -3.63. The van der Waals surface area contributed by atoms with Gasteiger partial charge < -0.3 is 15.4 Å². The van der Waals surface area contributed by atoms with Gasteiger partial charge in [0.25, 0.3) is 0 Å². The molecule has 0 aromatic heterocycles. The number of amides is 1. The maximum Gasteiger partial charge on any atom is 0.243 e. The predicted octanol–water partition coefficient (Wildman–Crippen LogP) is 3.84.